The Labute approximate surface area is 107 Å². The molecule has 0 aliphatic heterocycles. The first-order valence-electron chi connectivity index (χ1n) is 5.63. The van der Waals surface area contributed by atoms with Crippen LogP contribution in [0.25, 0.3) is 10.9 Å². The molecule has 5 nitrogen and oxygen atoms in total. The maximum Gasteiger partial charge on any atom is 0.272 e. The summed E-state index contributed by atoms with van der Waals surface area (Å²) in [4.78, 5) is 12.0. The highest BCUT2D eigenvalue weighted by Crippen LogP contribution is 2.14. The second-order valence-electron chi connectivity index (χ2n) is 4.14. The zero-order valence-corrected chi connectivity index (χ0v) is 11.1. The summed E-state index contributed by atoms with van der Waals surface area (Å²) in [5.74, 6) is -0.246. The number of aromatic nitrogens is 2. The Balaban J connectivity index is 2.12. The number of hydrogen-bond acceptors (Lipinski definition) is 3. The van der Waals surface area contributed by atoms with Gasteiger partial charge in [0.1, 0.15) is 0 Å². The fourth-order valence-electron chi connectivity index (χ4n) is 1.57. The maximum atomic E-state index is 12.0. The van der Waals surface area contributed by atoms with Crippen LogP contribution in [-0.4, -0.2) is 38.4 Å². The number of nitrogens with one attached hydrogen (secondary N) is 2. The lowest BCUT2D eigenvalue weighted by molar-refractivity contribution is 0.0950. The van der Waals surface area contributed by atoms with E-state index >= 15 is 0 Å². The third-order valence-electron chi connectivity index (χ3n) is 2.80. The number of carbonyl (C=O) groups is 1. The van der Waals surface area contributed by atoms with Gasteiger partial charge in [-0.25, -0.2) is 0 Å². The van der Waals surface area contributed by atoms with E-state index in [0.717, 1.165) is 10.9 Å². The van der Waals surface area contributed by atoms with Crippen LogP contribution in [0, 0.1) is 0 Å². The molecule has 0 fully saturated rings. The number of hydrogen-bond donors (Lipinski definition) is 2. The van der Waals surface area contributed by atoms with Crippen LogP contribution in [0.2, 0.25) is 0 Å². The van der Waals surface area contributed by atoms with E-state index in [4.69, 9.17) is 0 Å². The van der Waals surface area contributed by atoms with Crippen molar-refractivity contribution in [2.24, 2.45) is 0 Å². The minimum absolute atomic E-state index is 0.0702. The molecule has 0 aliphatic carbocycles. The predicted octanol–water partition coefficient (Wildman–Crippen LogP) is 1.06. The van der Waals surface area contributed by atoms with Crippen LogP contribution in [0.4, 0.5) is 0 Å². The fourth-order valence-corrected chi connectivity index (χ4v) is 1.89. The molecule has 1 aromatic heterocycles. The van der Waals surface area contributed by atoms with E-state index in [2.05, 4.69) is 15.5 Å². The quantitative estimate of drug-likeness (QED) is 0.868. The van der Waals surface area contributed by atoms with E-state index in [1.165, 1.54) is 0 Å². The smallest absolute Gasteiger partial charge is 0.272 e. The molecule has 96 valence electrons. The Hall–Kier alpha value is -1.69. The molecule has 6 heteroatoms. The van der Waals surface area contributed by atoms with Crippen LogP contribution in [0.1, 0.15) is 17.4 Å². The van der Waals surface area contributed by atoms with Crippen LogP contribution in [0.5, 0.6) is 0 Å². The Kier molecular flexibility index (Phi) is 3.76. The van der Waals surface area contributed by atoms with Gasteiger partial charge in [-0.3, -0.25) is 14.1 Å². The molecule has 2 atom stereocenters. The fraction of sp³-hybridized carbons (Fsp3) is 0.333. The first kappa shape index (κ1) is 12.8. The van der Waals surface area contributed by atoms with E-state index in [9.17, 15) is 9.00 Å². The average Bonchev–Trinajstić information content (AvgIpc) is 2.79. The average molecular weight is 265 g/mol. The van der Waals surface area contributed by atoms with Crippen LogP contribution in [0.3, 0.4) is 0 Å². The SMILES string of the molecule is CC(CNC(=O)c1n[nH]c2ccccc12)S(C)=O. The van der Waals surface area contributed by atoms with Crippen molar-refractivity contribution in [2.75, 3.05) is 12.8 Å². The zero-order chi connectivity index (χ0) is 13.1. The first-order chi connectivity index (χ1) is 8.59. The molecule has 18 heavy (non-hydrogen) atoms. The minimum Gasteiger partial charge on any atom is -0.349 e. The number of H-pyrrole nitrogens is 1. The van der Waals surface area contributed by atoms with Crippen molar-refractivity contribution in [2.45, 2.75) is 12.2 Å². The Morgan fingerprint density at radius 2 is 2.22 bits per heavy atom. The van der Waals surface area contributed by atoms with Gasteiger partial charge in [-0.15, -0.1) is 0 Å². The second-order valence-corrected chi connectivity index (χ2v) is 5.94. The number of aromatic amines is 1. The third-order valence-corrected chi connectivity index (χ3v) is 4.10. The maximum absolute atomic E-state index is 12.0. The van der Waals surface area contributed by atoms with Crippen molar-refractivity contribution < 1.29 is 9.00 Å². The lowest BCUT2D eigenvalue weighted by atomic mass is 10.2. The van der Waals surface area contributed by atoms with Gasteiger partial charge in [0.15, 0.2) is 5.69 Å². The largest absolute Gasteiger partial charge is 0.349 e. The van der Waals surface area contributed by atoms with Crippen LogP contribution < -0.4 is 5.32 Å². The van der Waals surface area contributed by atoms with Crippen molar-refractivity contribution in [3.05, 3.63) is 30.0 Å². The molecule has 0 aliphatic rings. The van der Waals surface area contributed by atoms with Gasteiger partial charge in [0.2, 0.25) is 0 Å². The van der Waals surface area contributed by atoms with Crippen molar-refractivity contribution in [1.82, 2.24) is 15.5 Å². The van der Waals surface area contributed by atoms with Gasteiger partial charge in [-0.2, -0.15) is 5.10 Å². The van der Waals surface area contributed by atoms with Crippen molar-refractivity contribution >= 4 is 27.6 Å². The molecule has 0 spiro atoms. The summed E-state index contributed by atoms with van der Waals surface area (Å²) in [6.07, 6.45) is 1.63. The van der Waals surface area contributed by atoms with Gasteiger partial charge in [0.05, 0.1) is 5.52 Å². The van der Waals surface area contributed by atoms with Crippen molar-refractivity contribution in [3.8, 4) is 0 Å². The van der Waals surface area contributed by atoms with Gasteiger partial charge in [0.25, 0.3) is 5.91 Å². The van der Waals surface area contributed by atoms with Crippen LogP contribution in [-0.2, 0) is 10.8 Å². The van der Waals surface area contributed by atoms with Gasteiger partial charge in [-0.05, 0) is 13.0 Å². The number of para-hydroxylation sites is 1. The van der Waals surface area contributed by atoms with E-state index in [1.807, 2.05) is 31.2 Å². The molecule has 2 aromatic rings. The van der Waals surface area contributed by atoms with Gasteiger partial charge >= 0.3 is 0 Å². The first-order valence-corrected chi connectivity index (χ1v) is 7.25. The number of fused-ring (bicyclic) bond motifs is 1. The molecular weight excluding hydrogens is 250 g/mol. The molecule has 0 saturated carbocycles. The number of rotatable bonds is 4. The van der Waals surface area contributed by atoms with Crippen LogP contribution >= 0.6 is 0 Å². The number of carbonyl (C=O) groups excluding carboxylic acids is 1. The predicted molar refractivity (Wildman–Crippen MR) is 72.0 cm³/mol. The topological polar surface area (TPSA) is 74.8 Å². The zero-order valence-electron chi connectivity index (χ0n) is 10.3. The Bertz CT molecular complexity index is 594. The lowest BCUT2D eigenvalue weighted by Crippen LogP contribution is -2.32. The molecule has 1 heterocycles. The van der Waals surface area contributed by atoms with Gasteiger partial charge < -0.3 is 5.32 Å². The summed E-state index contributed by atoms with van der Waals surface area (Å²) >= 11 is 0. The highest BCUT2D eigenvalue weighted by Gasteiger charge is 2.15. The summed E-state index contributed by atoms with van der Waals surface area (Å²) in [6, 6.07) is 7.45. The highest BCUT2D eigenvalue weighted by molar-refractivity contribution is 7.84. The molecule has 2 N–H and O–H groups in total. The Morgan fingerprint density at radius 3 is 2.94 bits per heavy atom. The summed E-state index contributed by atoms with van der Waals surface area (Å²) < 4.78 is 11.2. The summed E-state index contributed by atoms with van der Waals surface area (Å²) in [5, 5.41) is 10.3. The summed E-state index contributed by atoms with van der Waals surface area (Å²) in [5.41, 5.74) is 1.20. The molecule has 2 rings (SSSR count). The van der Waals surface area contributed by atoms with Gasteiger partial charge in [-0.1, -0.05) is 18.2 Å². The minimum atomic E-state index is -0.944. The second kappa shape index (κ2) is 5.30. The molecular formula is C12H15N3O2S. The van der Waals surface area contributed by atoms with Crippen molar-refractivity contribution in [1.29, 1.82) is 0 Å². The lowest BCUT2D eigenvalue weighted by Gasteiger charge is -2.08. The van der Waals surface area contributed by atoms with Gasteiger partial charge in [0, 0.05) is 34.2 Å². The van der Waals surface area contributed by atoms with Crippen LogP contribution in [0.15, 0.2) is 24.3 Å². The number of nitrogens with zero attached hydrogens (tertiary/aromatic N) is 1. The summed E-state index contributed by atoms with van der Waals surface area (Å²) in [7, 11) is -0.944. The monoisotopic (exact) mass is 265 g/mol. The standard InChI is InChI=1S/C12H15N3O2S/c1-8(18(2)17)7-13-12(16)11-9-5-3-4-6-10(9)14-15-11/h3-6,8H,7H2,1-2H3,(H,13,16)(H,14,15). The highest BCUT2D eigenvalue weighted by atomic mass is 32.2. The van der Waals surface area contributed by atoms with E-state index < -0.39 is 10.8 Å². The Morgan fingerprint density at radius 1 is 1.50 bits per heavy atom. The molecule has 1 amide bonds. The number of amides is 1. The van der Waals surface area contributed by atoms with Crippen molar-refractivity contribution in [3.63, 3.8) is 0 Å². The molecule has 0 radical (unpaired) electrons. The third kappa shape index (κ3) is 2.59. The van der Waals surface area contributed by atoms with E-state index in [0.29, 0.717) is 12.2 Å². The molecule has 2 unspecified atom stereocenters. The van der Waals surface area contributed by atoms with E-state index in [1.54, 1.807) is 6.26 Å². The number of benzene rings is 1. The normalized spacial score (nSPS) is 14.3. The summed E-state index contributed by atoms with van der Waals surface area (Å²) in [6.45, 7) is 2.21. The molecule has 1 aromatic carbocycles. The molecule has 0 saturated heterocycles. The van der Waals surface area contributed by atoms with E-state index in [-0.39, 0.29) is 11.2 Å². The molecule has 0 bridgehead atoms.